The maximum absolute atomic E-state index is 14.1. The van der Waals surface area contributed by atoms with Gasteiger partial charge in [0, 0.05) is 28.2 Å². The Labute approximate surface area is 277 Å². The monoisotopic (exact) mass is 725 g/mol. The smallest absolute Gasteiger partial charge is 0.356 e. The number of rotatable bonds is 11. The van der Waals surface area contributed by atoms with Crippen LogP contribution in [0.3, 0.4) is 0 Å². The van der Waals surface area contributed by atoms with Gasteiger partial charge in [-0.2, -0.15) is 5.10 Å². The van der Waals surface area contributed by atoms with Crippen molar-refractivity contribution < 1.29 is 19.1 Å². The number of anilines is 1. The van der Waals surface area contributed by atoms with Gasteiger partial charge in [0.15, 0.2) is 11.2 Å². The van der Waals surface area contributed by atoms with Crippen LogP contribution in [-0.2, 0) is 24.9 Å². The lowest BCUT2D eigenvalue weighted by Crippen LogP contribution is -2.70. The number of esters is 1. The molecule has 0 bridgehead atoms. The minimum atomic E-state index is -1.51. The largest absolute Gasteiger partial charge is 0.448 e. The highest BCUT2D eigenvalue weighted by atomic mass is 79.9. The summed E-state index contributed by atoms with van der Waals surface area (Å²) in [5.74, 6) is -1.07. The van der Waals surface area contributed by atoms with Crippen molar-refractivity contribution in [3.05, 3.63) is 115 Å². The van der Waals surface area contributed by atoms with Crippen molar-refractivity contribution in [1.82, 2.24) is 25.4 Å². The number of nitrogen functional groups attached to an aromatic ring is 1. The Morgan fingerprint density at radius 2 is 1.87 bits per heavy atom. The predicted octanol–water partition coefficient (Wildman–Crippen LogP) is 4.90. The first-order valence-electron chi connectivity index (χ1n) is 13.5. The number of nitrogens with two attached hydrogens (primary N) is 1. The van der Waals surface area contributed by atoms with Crippen LogP contribution in [0.25, 0.3) is 0 Å². The van der Waals surface area contributed by atoms with E-state index in [0.29, 0.717) is 20.2 Å². The van der Waals surface area contributed by atoms with Crippen molar-refractivity contribution in [2.45, 2.75) is 29.3 Å². The first-order chi connectivity index (χ1) is 21.9. The second-order valence-corrected chi connectivity index (χ2v) is 14.4. The molecule has 6 rings (SSSR count). The lowest BCUT2D eigenvalue weighted by atomic mass is 10.0. The molecule has 4 heterocycles. The van der Waals surface area contributed by atoms with Gasteiger partial charge >= 0.3 is 5.97 Å². The Bertz CT molecular complexity index is 1710. The van der Waals surface area contributed by atoms with E-state index in [1.165, 1.54) is 28.4 Å². The molecule has 0 spiro atoms. The van der Waals surface area contributed by atoms with E-state index in [0.717, 1.165) is 28.0 Å². The molecule has 2 aromatic heterocycles. The molecule has 4 N–H and O–H groups in total. The molecule has 1 saturated heterocycles. The number of ether oxygens (including phenoxy) is 1. The first-order valence-corrected chi connectivity index (χ1v) is 17.1. The van der Waals surface area contributed by atoms with Gasteiger partial charge < -0.3 is 15.8 Å². The Kier molecular flexibility index (Phi) is 9.34. The highest BCUT2D eigenvalue weighted by molar-refractivity contribution is 9.11. The number of hydrogen-bond acceptors (Lipinski definition) is 12. The van der Waals surface area contributed by atoms with Crippen LogP contribution in [0.15, 0.2) is 92.6 Å². The third-order valence-electron chi connectivity index (χ3n) is 7.06. The van der Waals surface area contributed by atoms with E-state index in [-0.39, 0.29) is 16.5 Å². The second kappa shape index (κ2) is 13.6. The van der Waals surface area contributed by atoms with Crippen LogP contribution >= 0.6 is 50.8 Å². The molecular formula is C29H24BrN7O5S3. The van der Waals surface area contributed by atoms with Crippen molar-refractivity contribution in [2.75, 3.05) is 11.5 Å². The van der Waals surface area contributed by atoms with Crippen LogP contribution < -0.4 is 11.1 Å². The number of thiazole rings is 1. The fourth-order valence-corrected chi connectivity index (χ4v) is 8.86. The van der Waals surface area contributed by atoms with Gasteiger partial charge in [0.2, 0.25) is 6.04 Å². The third-order valence-corrected chi connectivity index (χ3v) is 11.3. The summed E-state index contributed by atoms with van der Waals surface area (Å²) in [7, 11) is 0. The Morgan fingerprint density at radius 3 is 2.44 bits per heavy atom. The van der Waals surface area contributed by atoms with Crippen LogP contribution in [0.2, 0.25) is 0 Å². The lowest BCUT2D eigenvalue weighted by molar-refractivity contribution is -0.154. The molecule has 2 amide bonds. The average Bonchev–Trinajstić information content (AvgIpc) is 3.70. The molecule has 1 unspecified atom stereocenters. The molecule has 0 radical (unpaired) electrons. The number of halogens is 1. The SMILES string of the molecule is Nc1nc(C(N=O)C(=O)N[C@@H]2C(=O)N3C(C(=O)OC(c4ccccc4)c4ccccc4)=C(SCc4cn[nH]c4)CS[C@@H]23)c(Br)s1. The number of thioether (sulfide) groups is 2. The summed E-state index contributed by atoms with van der Waals surface area (Å²) in [5.41, 5.74) is 8.38. The quantitative estimate of drug-likeness (QED) is 0.110. The molecule has 2 aliphatic rings. The molecule has 230 valence electrons. The average molecular weight is 727 g/mol. The van der Waals surface area contributed by atoms with Gasteiger partial charge in [-0.15, -0.1) is 28.4 Å². The van der Waals surface area contributed by atoms with Gasteiger partial charge in [-0.3, -0.25) is 19.6 Å². The number of aromatic amines is 1. The Balaban J connectivity index is 1.27. The number of nitroso groups, excluding NO2 is 1. The highest BCUT2D eigenvalue weighted by Gasteiger charge is 2.55. The molecule has 1 fully saturated rings. The number of fused-ring (bicyclic) bond motifs is 1. The van der Waals surface area contributed by atoms with E-state index in [1.807, 2.05) is 60.7 Å². The number of nitrogens with zero attached hydrogens (tertiary/aromatic N) is 4. The molecule has 2 aliphatic heterocycles. The van der Waals surface area contributed by atoms with Gasteiger partial charge in [-0.25, -0.2) is 9.78 Å². The predicted molar refractivity (Wildman–Crippen MR) is 176 cm³/mol. The normalized spacial score (nSPS) is 18.3. The second-order valence-electron chi connectivity index (χ2n) is 9.89. The Morgan fingerprint density at radius 1 is 1.18 bits per heavy atom. The van der Waals surface area contributed by atoms with E-state index in [4.69, 9.17) is 10.5 Å². The summed E-state index contributed by atoms with van der Waals surface area (Å²) in [6.45, 7) is 0. The summed E-state index contributed by atoms with van der Waals surface area (Å²) >= 11 is 7.12. The number of carbonyl (C=O) groups is 3. The van der Waals surface area contributed by atoms with Gasteiger partial charge in [-0.1, -0.05) is 72.0 Å². The number of benzene rings is 2. The first kappa shape index (κ1) is 31.0. The van der Waals surface area contributed by atoms with Crippen molar-refractivity contribution in [3.63, 3.8) is 0 Å². The zero-order valence-electron chi connectivity index (χ0n) is 23.2. The molecular weight excluding hydrogens is 702 g/mol. The van der Waals surface area contributed by atoms with Gasteiger partial charge in [0.1, 0.15) is 22.8 Å². The van der Waals surface area contributed by atoms with Crippen molar-refractivity contribution in [3.8, 4) is 0 Å². The summed E-state index contributed by atoms with van der Waals surface area (Å²) in [4.78, 5) is 58.6. The number of carbonyl (C=O) groups excluding carboxylic acids is 3. The van der Waals surface area contributed by atoms with E-state index in [2.05, 4.69) is 41.6 Å². The maximum atomic E-state index is 14.1. The zero-order valence-corrected chi connectivity index (χ0v) is 27.2. The number of amides is 2. The van der Waals surface area contributed by atoms with Crippen LogP contribution in [0, 0.1) is 4.91 Å². The molecule has 0 saturated carbocycles. The number of H-pyrrole nitrogens is 1. The molecule has 12 nitrogen and oxygen atoms in total. The summed E-state index contributed by atoms with van der Waals surface area (Å²) in [5, 5.41) is 11.9. The fraction of sp³-hybridized carbons (Fsp3) is 0.207. The van der Waals surface area contributed by atoms with Crippen LogP contribution in [0.4, 0.5) is 5.13 Å². The Hall–Kier alpha value is -3.99. The fourth-order valence-electron chi connectivity index (χ4n) is 4.92. The van der Waals surface area contributed by atoms with E-state index in [9.17, 15) is 19.3 Å². The third kappa shape index (κ3) is 6.40. The van der Waals surface area contributed by atoms with E-state index in [1.54, 1.807) is 12.4 Å². The molecule has 3 atom stereocenters. The zero-order chi connectivity index (χ0) is 31.5. The summed E-state index contributed by atoms with van der Waals surface area (Å²) in [6, 6.07) is 16.2. The summed E-state index contributed by atoms with van der Waals surface area (Å²) < 4.78 is 6.57. The van der Waals surface area contributed by atoms with Gasteiger partial charge in [0.25, 0.3) is 11.8 Å². The number of aromatic nitrogens is 3. The molecule has 45 heavy (non-hydrogen) atoms. The van der Waals surface area contributed by atoms with Crippen LogP contribution in [0.1, 0.15) is 34.5 Å². The van der Waals surface area contributed by atoms with Gasteiger partial charge in [0.05, 0.1) is 9.98 Å². The topological polar surface area (TPSA) is 173 Å². The highest BCUT2D eigenvalue weighted by Crippen LogP contribution is 2.45. The maximum Gasteiger partial charge on any atom is 0.356 e. The molecule has 2 aromatic carbocycles. The number of nitrogens with one attached hydrogen (secondary N) is 2. The van der Waals surface area contributed by atoms with E-state index >= 15 is 0 Å². The minimum absolute atomic E-state index is 0.0693. The van der Waals surface area contributed by atoms with Crippen molar-refractivity contribution >= 4 is 73.7 Å². The van der Waals surface area contributed by atoms with Gasteiger partial charge in [-0.05, 0) is 32.2 Å². The molecule has 16 heteroatoms. The molecule has 0 aliphatic carbocycles. The minimum Gasteiger partial charge on any atom is -0.448 e. The van der Waals surface area contributed by atoms with E-state index < -0.39 is 41.3 Å². The lowest BCUT2D eigenvalue weighted by Gasteiger charge is -2.49. The molecule has 4 aromatic rings. The van der Waals surface area contributed by atoms with Crippen LogP contribution in [-0.4, -0.2) is 55.0 Å². The number of hydrogen-bond donors (Lipinski definition) is 3. The number of β-lactam (4-membered cyclic amide) rings is 1. The standard InChI is InChI=1S/C29H24BrN7O5S3/c30-24-19(35-29(31)45-24)20(36-41)25(38)34-21-26(39)37-22(18(14-44-27(21)37)43-13-15-11-32-33-12-15)28(40)42-23(16-7-3-1-4-8-16)17-9-5-2-6-10-17/h1-12,20-21,23,27H,13-14H2,(H2,31,35)(H,32,33)(H,34,38)/t20?,21-,27+/m1/s1. The van der Waals surface area contributed by atoms with Crippen molar-refractivity contribution in [2.24, 2.45) is 5.18 Å². The van der Waals surface area contributed by atoms with Crippen molar-refractivity contribution in [1.29, 1.82) is 0 Å². The summed E-state index contributed by atoms with van der Waals surface area (Å²) in [6.07, 6.45) is 2.73. The van der Waals surface area contributed by atoms with Crippen LogP contribution in [0.5, 0.6) is 0 Å².